The lowest BCUT2D eigenvalue weighted by atomic mass is 9.99. The molecule has 3 unspecified atom stereocenters. The predicted molar refractivity (Wildman–Crippen MR) is 155 cm³/mol. The van der Waals surface area contributed by atoms with E-state index in [2.05, 4.69) is 37.9 Å². The van der Waals surface area contributed by atoms with Gasteiger partial charge in [-0.1, -0.05) is 42.5 Å². The van der Waals surface area contributed by atoms with Crippen LogP contribution in [0.1, 0.15) is 23.1 Å². The van der Waals surface area contributed by atoms with Gasteiger partial charge in [0.2, 0.25) is 15.9 Å². The van der Waals surface area contributed by atoms with Crippen LogP contribution in [0, 0.1) is 15.2 Å². The Labute approximate surface area is 241 Å². The third-order valence-electron chi connectivity index (χ3n) is 5.98. The molecular weight excluding hydrogens is 639 g/mol. The molecule has 0 aromatic heterocycles. The van der Waals surface area contributed by atoms with Gasteiger partial charge < -0.3 is 15.7 Å². The van der Waals surface area contributed by atoms with Crippen molar-refractivity contribution in [1.29, 1.82) is 0 Å². The average Bonchev–Trinajstić information content (AvgIpc) is 2.85. The first-order valence-electron chi connectivity index (χ1n) is 12.4. The molecule has 11 heteroatoms. The average molecular weight is 672 g/mol. The Kier molecular flexibility index (Phi) is 11.8. The summed E-state index contributed by atoms with van der Waals surface area (Å²) in [5.41, 5.74) is 2.17. The molecule has 0 fully saturated rings. The lowest BCUT2D eigenvalue weighted by molar-refractivity contribution is -0.124. The number of amides is 1. The van der Waals surface area contributed by atoms with Crippen molar-refractivity contribution in [3.8, 4) is 0 Å². The van der Waals surface area contributed by atoms with Gasteiger partial charge in [-0.3, -0.25) is 4.79 Å². The molecule has 0 radical (unpaired) electrons. The molecule has 3 aromatic rings. The number of nitrogens with one attached hydrogen (secondary N) is 3. The van der Waals surface area contributed by atoms with Gasteiger partial charge in [0.25, 0.3) is 0 Å². The first-order valence-corrected chi connectivity index (χ1v) is 15.4. The molecule has 3 rings (SSSR count). The fraction of sp³-hybridized carbons (Fsp3) is 0.321. The van der Waals surface area contributed by atoms with Gasteiger partial charge in [-0.25, -0.2) is 21.9 Å². The first-order chi connectivity index (χ1) is 18.5. The highest BCUT2D eigenvalue weighted by atomic mass is 127. The summed E-state index contributed by atoms with van der Waals surface area (Å²) in [5.74, 6) is -2.20. The fourth-order valence-electron chi connectivity index (χ4n) is 4.16. The Hall–Kier alpha value is -2.45. The second-order valence-electron chi connectivity index (χ2n) is 9.39. The third kappa shape index (κ3) is 11.3. The maximum absolute atomic E-state index is 13.9. The van der Waals surface area contributed by atoms with Gasteiger partial charge >= 0.3 is 0 Å². The van der Waals surface area contributed by atoms with E-state index in [0.29, 0.717) is 13.0 Å². The lowest BCUT2D eigenvalue weighted by Gasteiger charge is -2.27. The minimum Gasteiger partial charge on any atom is -0.390 e. The van der Waals surface area contributed by atoms with Gasteiger partial charge in [-0.05, 0) is 82.8 Å². The molecule has 210 valence electrons. The van der Waals surface area contributed by atoms with Crippen molar-refractivity contribution in [3.05, 3.63) is 105 Å². The summed E-state index contributed by atoms with van der Waals surface area (Å²) in [5, 5.41) is 16.9. The van der Waals surface area contributed by atoms with Crippen LogP contribution in [-0.2, 0) is 34.2 Å². The van der Waals surface area contributed by atoms with Gasteiger partial charge in [-0.2, -0.15) is 0 Å². The van der Waals surface area contributed by atoms with Crippen molar-refractivity contribution in [2.24, 2.45) is 0 Å². The molecule has 0 saturated heterocycles. The normalized spacial score (nSPS) is 14.0. The third-order valence-corrected chi connectivity index (χ3v) is 7.36. The Bertz CT molecular complexity index is 1330. The van der Waals surface area contributed by atoms with Crippen LogP contribution in [0.4, 0.5) is 8.78 Å². The number of rotatable bonds is 14. The van der Waals surface area contributed by atoms with Crippen molar-refractivity contribution in [2.75, 3.05) is 12.8 Å². The molecule has 4 N–H and O–H groups in total. The van der Waals surface area contributed by atoms with Crippen LogP contribution < -0.4 is 15.4 Å². The number of aryl methyl sites for hydroxylation is 1. The number of carbonyl (C=O) groups is 1. The second-order valence-corrected chi connectivity index (χ2v) is 12.4. The van der Waals surface area contributed by atoms with E-state index >= 15 is 0 Å². The van der Waals surface area contributed by atoms with Crippen LogP contribution >= 0.6 is 22.6 Å². The van der Waals surface area contributed by atoms with Crippen LogP contribution in [0.5, 0.6) is 0 Å². The highest BCUT2D eigenvalue weighted by Crippen LogP contribution is 2.14. The Morgan fingerprint density at radius 1 is 0.949 bits per heavy atom. The van der Waals surface area contributed by atoms with E-state index in [0.717, 1.165) is 39.2 Å². The summed E-state index contributed by atoms with van der Waals surface area (Å²) in [7, 11) is -3.73. The molecule has 0 heterocycles. The molecule has 3 atom stereocenters. The number of aliphatic hydroxyl groups is 1. The summed E-state index contributed by atoms with van der Waals surface area (Å²) in [6, 6.07) is 18.1. The maximum Gasteiger partial charge on any atom is 0.238 e. The van der Waals surface area contributed by atoms with E-state index in [1.165, 1.54) is 0 Å². The monoisotopic (exact) mass is 671 g/mol. The highest BCUT2D eigenvalue weighted by molar-refractivity contribution is 14.1. The van der Waals surface area contributed by atoms with E-state index in [9.17, 15) is 27.1 Å². The number of halogens is 3. The van der Waals surface area contributed by atoms with Crippen LogP contribution in [0.2, 0.25) is 0 Å². The van der Waals surface area contributed by atoms with Crippen LogP contribution in [0.3, 0.4) is 0 Å². The molecule has 3 aromatic carbocycles. The molecule has 0 saturated carbocycles. The van der Waals surface area contributed by atoms with Gasteiger partial charge in [0.05, 0.1) is 18.4 Å². The molecule has 0 bridgehead atoms. The van der Waals surface area contributed by atoms with E-state index < -0.39 is 45.8 Å². The number of aliphatic hydroxyl groups excluding tert-OH is 1. The van der Waals surface area contributed by atoms with Crippen molar-refractivity contribution in [3.63, 3.8) is 0 Å². The van der Waals surface area contributed by atoms with Crippen LogP contribution in [0.15, 0.2) is 72.8 Å². The van der Waals surface area contributed by atoms with E-state index in [4.69, 9.17) is 0 Å². The first kappa shape index (κ1) is 31.1. The van der Waals surface area contributed by atoms with Gasteiger partial charge in [0, 0.05) is 22.7 Å². The zero-order valence-corrected chi connectivity index (χ0v) is 24.4. The summed E-state index contributed by atoms with van der Waals surface area (Å²) in [6.45, 7) is 0.529. The largest absolute Gasteiger partial charge is 0.390 e. The Morgan fingerprint density at radius 2 is 1.62 bits per heavy atom. The minimum atomic E-state index is -3.73. The SMILES string of the molecule is CS(=O)(=O)NC(CCc1ccccc1)C(=O)NC(Cc1cc(F)cc(F)c1)C(O)CNCc1cccc(I)c1. The number of carbonyl (C=O) groups excluding carboxylic acids is 1. The summed E-state index contributed by atoms with van der Waals surface area (Å²) >= 11 is 2.20. The van der Waals surface area contributed by atoms with Gasteiger partial charge in [0.15, 0.2) is 0 Å². The molecule has 1 amide bonds. The second kappa shape index (κ2) is 14.8. The summed E-state index contributed by atoms with van der Waals surface area (Å²) < 4.78 is 55.2. The topological polar surface area (TPSA) is 108 Å². The quantitative estimate of drug-likeness (QED) is 0.197. The van der Waals surface area contributed by atoms with Crippen LogP contribution in [0.25, 0.3) is 0 Å². The lowest BCUT2D eigenvalue weighted by Crippen LogP contribution is -2.54. The van der Waals surface area contributed by atoms with Crippen molar-refractivity contribution >= 4 is 38.5 Å². The smallest absolute Gasteiger partial charge is 0.238 e. The number of hydrogen-bond acceptors (Lipinski definition) is 5. The molecule has 7 nitrogen and oxygen atoms in total. The van der Waals surface area contributed by atoms with E-state index in [1.807, 2.05) is 54.6 Å². The number of sulfonamides is 1. The van der Waals surface area contributed by atoms with E-state index in [-0.39, 0.29) is 24.9 Å². The van der Waals surface area contributed by atoms with E-state index in [1.54, 1.807) is 0 Å². The molecule has 0 aliphatic heterocycles. The van der Waals surface area contributed by atoms with Gasteiger partial charge in [-0.15, -0.1) is 0 Å². The maximum atomic E-state index is 13.9. The molecule has 0 aliphatic rings. The zero-order valence-electron chi connectivity index (χ0n) is 21.4. The van der Waals surface area contributed by atoms with Crippen LogP contribution in [-0.4, -0.2) is 50.4 Å². The summed E-state index contributed by atoms with van der Waals surface area (Å²) in [6.07, 6.45) is 0.353. The standard InChI is InChI=1S/C28H32F2IN3O4S/c1-39(37,38)34-25(11-10-19-6-3-2-4-7-19)28(36)33-26(15-21-12-22(29)16-23(30)13-21)27(35)18-32-17-20-8-5-9-24(31)14-20/h2-9,12-14,16,25-27,32,34-35H,10-11,15,17-18H2,1H3,(H,33,36). The van der Waals surface area contributed by atoms with Crippen molar-refractivity contribution in [2.45, 2.75) is 44.0 Å². The Morgan fingerprint density at radius 3 is 2.26 bits per heavy atom. The highest BCUT2D eigenvalue weighted by Gasteiger charge is 2.28. The molecule has 0 spiro atoms. The Balaban J connectivity index is 1.75. The van der Waals surface area contributed by atoms with Gasteiger partial charge in [0.1, 0.15) is 17.7 Å². The molecule has 0 aliphatic carbocycles. The van der Waals surface area contributed by atoms with Crippen molar-refractivity contribution < 1.29 is 27.1 Å². The zero-order chi connectivity index (χ0) is 28.4. The minimum absolute atomic E-state index is 0.0718. The number of benzene rings is 3. The number of hydrogen-bond donors (Lipinski definition) is 4. The molecule has 39 heavy (non-hydrogen) atoms. The van der Waals surface area contributed by atoms with Crippen molar-refractivity contribution in [1.82, 2.24) is 15.4 Å². The predicted octanol–water partition coefficient (Wildman–Crippen LogP) is 3.30. The molecular formula is C28H32F2IN3O4S. The fourth-order valence-corrected chi connectivity index (χ4v) is 5.51. The summed E-state index contributed by atoms with van der Waals surface area (Å²) in [4.78, 5) is 13.3.